The molecule has 0 N–H and O–H groups in total. The molecule has 0 heterocycles. The molecule has 0 unspecified atom stereocenters. The minimum absolute atomic E-state index is 0.557. The maximum absolute atomic E-state index is 6.23. The molecule has 2 aliphatic carbocycles. The summed E-state index contributed by atoms with van der Waals surface area (Å²) in [5.74, 6) is 3.05. The molecule has 0 aromatic heterocycles. The molecule has 92 valence electrons. The molecular weight excluding hydrogens is 212 g/mol. The first-order valence-corrected chi connectivity index (χ1v) is 9.97. The molecule has 0 radical (unpaired) electrons. The van der Waals surface area contributed by atoms with Crippen molar-refractivity contribution in [3.05, 3.63) is 11.3 Å². The van der Waals surface area contributed by atoms with Crippen LogP contribution in [0.5, 0.6) is 0 Å². The molecule has 1 fully saturated rings. The number of hydrogen-bond acceptors (Lipinski definition) is 1. The molecule has 0 amide bonds. The summed E-state index contributed by atoms with van der Waals surface area (Å²) >= 11 is 0. The Balaban J connectivity index is 2.12. The quantitative estimate of drug-likeness (QED) is 0.640. The van der Waals surface area contributed by atoms with Gasteiger partial charge >= 0.3 is 0 Å². The molecule has 16 heavy (non-hydrogen) atoms. The predicted octanol–water partition coefficient (Wildman–Crippen LogP) is 4.57. The highest BCUT2D eigenvalue weighted by atomic mass is 28.4. The fourth-order valence-corrected chi connectivity index (χ4v) is 4.50. The molecule has 1 saturated carbocycles. The molecule has 0 bridgehead atoms. The topological polar surface area (TPSA) is 9.23 Å². The Bertz CT molecular complexity index is 322. The van der Waals surface area contributed by atoms with Crippen molar-refractivity contribution in [3.63, 3.8) is 0 Å². The van der Waals surface area contributed by atoms with Gasteiger partial charge in [0.05, 0.1) is 5.76 Å². The van der Waals surface area contributed by atoms with E-state index >= 15 is 0 Å². The van der Waals surface area contributed by atoms with Gasteiger partial charge in [-0.1, -0.05) is 13.8 Å². The van der Waals surface area contributed by atoms with E-state index < -0.39 is 8.32 Å². The van der Waals surface area contributed by atoms with E-state index in [1.807, 2.05) is 0 Å². The van der Waals surface area contributed by atoms with Gasteiger partial charge in [-0.2, -0.15) is 0 Å². The average molecular weight is 238 g/mol. The Kier molecular flexibility index (Phi) is 2.77. The lowest BCUT2D eigenvalue weighted by atomic mass is 9.88. The molecule has 0 aromatic rings. The van der Waals surface area contributed by atoms with Gasteiger partial charge in [0.25, 0.3) is 0 Å². The molecule has 0 aromatic carbocycles. The first kappa shape index (κ1) is 12.2. The van der Waals surface area contributed by atoms with E-state index in [4.69, 9.17) is 4.43 Å². The monoisotopic (exact) mass is 238 g/mol. The summed E-state index contributed by atoms with van der Waals surface area (Å²) in [5.41, 5.74) is 2.12. The summed E-state index contributed by atoms with van der Waals surface area (Å²) in [4.78, 5) is 0. The predicted molar refractivity (Wildman–Crippen MR) is 71.7 cm³/mol. The third kappa shape index (κ3) is 2.37. The summed E-state index contributed by atoms with van der Waals surface area (Å²) in [6.07, 6.45) is 3.96. The number of allylic oxidation sites excluding steroid dienone is 2. The van der Waals surface area contributed by atoms with Crippen LogP contribution in [0.4, 0.5) is 0 Å². The fourth-order valence-electron chi connectivity index (χ4n) is 3.52. The van der Waals surface area contributed by atoms with E-state index in [9.17, 15) is 0 Å². The highest BCUT2D eigenvalue weighted by Gasteiger charge is 2.45. The van der Waals surface area contributed by atoms with Crippen molar-refractivity contribution in [1.82, 2.24) is 0 Å². The lowest BCUT2D eigenvalue weighted by Crippen LogP contribution is -2.25. The van der Waals surface area contributed by atoms with Crippen LogP contribution in [0.3, 0.4) is 0 Å². The first-order chi connectivity index (χ1) is 7.18. The van der Waals surface area contributed by atoms with Gasteiger partial charge in [0, 0.05) is 6.42 Å². The second-order valence-electron chi connectivity index (χ2n) is 7.46. The summed E-state index contributed by atoms with van der Waals surface area (Å²) in [6, 6.07) is 0. The molecule has 1 nitrogen and oxygen atoms in total. The zero-order valence-electron chi connectivity index (χ0n) is 11.7. The second kappa shape index (κ2) is 3.62. The standard InChI is InChI=1S/C14H26OSi/c1-10-12-9-14(2,3)8-11(12)7-13(10)15-16(4,5)6/h11-12H,7-9H2,1-6H3/t11-,12-/m0/s1. The van der Waals surface area contributed by atoms with Crippen LogP contribution >= 0.6 is 0 Å². The third-order valence-corrected chi connectivity index (χ3v) is 4.89. The Morgan fingerprint density at radius 1 is 1.19 bits per heavy atom. The summed E-state index contributed by atoms with van der Waals surface area (Å²) < 4.78 is 6.23. The van der Waals surface area contributed by atoms with Crippen LogP contribution in [0, 0.1) is 17.3 Å². The van der Waals surface area contributed by atoms with Crippen molar-refractivity contribution in [1.29, 1.82) is 0 Å². The average Bonchev–Trinajstić information content (AvgIpc) is 2.46. The Labute approximate surface area is 101 Å². The van der Waals surface area contributed by atoms with Gasteiger partial charge in [-0.15, -0.1) is 0 Å². The van der Waals surface area contributed by atoms with E-state index in [1.54, 1.807) is 5.57 Å². The molecular formula is C14H26OSi. The lowest BCUT2D eigenvalue weighted by molar-refractivity contribution is 0.333. The summed E-state index contributed by atoms with van der Waals surface area (Å²) in [7, 11) is -1.41. The number of hydrogen-bond donors (Lipinski definition) is 0. The highest BCUT2D eigenvalue weighted by Crippen LogP contribution is 2.54. The minimum Gasteiger partial charge on any atom is -0.547 e. The SMILES string of the molecule is CC1=C(O[Si](C)(C)C)C[C@H]2CC(C)(C)C[C@@H]12. The summed E-state index contributed by atoms with van der Waals surface area (Å²) in [6.45, 7) is 14.0. The first-order valence-electron chi connectivity index (χ1n) is 6.57. The van der Waals surface area contributed by atoms with Gasteiger partial charge < -0.3 is 4.43 Å². The maximum atomic E-state index is 6.23. The van der Waals surface area contributed by atoms with Gasteiger partial charge in [0.15, 0.2) is 0 Å². The van der Waals surface area contributed by atoms with Crippen LogP contribution in [-0.4, -0.2) is 8.32 Å². The van der Waals surface area contributed by atoms with Crippen molar-refractivity contribution in [2.75, 3.05) is 0 Å². The normalized spacial score (nSPS) is 33.1. The highest BCUT2D eigenvalue weighted by molar-refractivity contribution is 6.70. The lowest BCUT2D eigenvalue weighted by Gasteiger charge is -2.23. The Morgan fingerprint density at radius 3 is 2.31 bits per heavy atom. The molecule has 2 aliphatic rings. The number of rotatable bonds is 2. The van der Waals surface area contributed by atoms with Crippen molar-refractivity contribution < 1.29 is 4.43 Å². The Hall–Kier alpha value is -0.243. The van der Waals surface area contributed by atoms with Gasteiger partial charge in [-0.25, -0.2) is 0 Å². The van der Waals surface area contributed by atoms with Crippen molar-refractivity contribution in [3.8, 4) is 0 Å². The Morgan fingerprint density at radius 2 is 1.81 bits per heavy atom. The van der Waals surface area contributed by atoms with Crippen molar-refractivity contribution in [2.45, 2.75) is 59.7 Å². The van der Waals surface area contributed by atoms with Gasteiger partial charge in [0.1, 0.15) is 0 Å². The molecule has 2 atom stereocenters. The van der Waals surface area contributed by atoms with E-state index in [0.29, 0.717) is 5.41 Å². The summed E-state index contributed by atoms with van der Waals surface area (Å²) in [5, 5.41) is 0. The minimum atomic E-state index is -1.41. The van der Waals surface area contributed by atoms with E-state index in [1.165, 1.54) is 25.0 Å². The fraction of sp³-hybridized carbons (Fsp3) is 0.857. The van der Waals surface area contributed by atoms with Crippen LogP contribution in [0.25, 0.3) is 0 Å². The zero-order chi connectivity index (χ0) is 12.1. The smallest absolute Gasteiger partial charge is 0.241 e. The van der Waals surface area contributed by atoms with Crippen LogP contribution < -0.4 is 0 Å². The molecule has 2 heteroatoms. The van der Waals surface area contributed by atoms with Gasteiger partial charge in [-0.05, 0) is 62.2 Å². The van der Waals surface area contributed by atoms with E-state index in [-0.39, 0.29) is 0 Å². The third-order valence-electron chi connectivity index (χ3n) is 4.03. The van der Waals surface area contributed by atoms with E-state index in [2.05, 4.69) is 40.4 Å². The largest absolute Gasteiger partial charge is 0.547 e. The molecule has 0 aliphatic heterocycles. The van der Waals surface area contributed by atoms with Crippen LogP contribution in [0.1, 0.15) is 40.0 Å². The molecule has 0 saturated heterocycles. The maximum Gasteiger partial charge on any atom is 0.241 e. The number of fused-ring (bicyclic) bond motifs is 1. The van der Waals surface area contributed by atoms with Crippen LogP contribution in [0.15, 0.2) is 11.3 Å². The second-order valence-corrected chi connectivity index (χ2v) is 11.9. The zero-order valence-corrected chi connectivity index (χ0v) is 12.7. The van der Waals surface area contributed by atoms with Crippen LogP contribution in [0.2, 0.25) is 19.6 Å². The van der Waals surface area contributed by atoms with Crippen molar-refractivity contribution in [2.24, 2.45) is 17.3 Å². The van der Waals surface area contributed by atoms with Crippen LogP contribution in [-0.2, 0) is 4.43 Å². The molecule has 2 rings (SSSR count). The van der Waals surface area contributed by atoms with Gasteiger partial charge in [-0.3, -0.25) is 0 Å². The molecule has 0 spiro atoms. The van der Waals surface area contributed by atoms with Crippen molar-refractivity contribution >= 4 is 8.32 Å². The van der Waals surface area contributed by atoms with Gasteiger partial charge in [0.2, 0.25) is 8.32 Å². The van der Waals surface area contributed by atoms with E-state index in [0.717, 1.165) is 11.8 Å².